The number of carbonyl (C=O) groups is 1. The van der Waals surface area contributed by atoms with Crippen LogP contribution in [0.25, 0.3) is 0 Å². The molecule has 0 aromatic rings. The number of fused-ring (bicyclic) bond motifs is 2. The Kier molecular flexibility index (Phi) is 3.73. The lowest BCUT2D eigenvalue weighted by atomic mass is 9.86. The van der Waals surface area contributed by atoms with E-state index in [0.717, 1.165) is 12.3 Å². The largest absolute Gasteiger partial charge is 0.748 e. The summed E-state index contributed by atoms with van der Waals surface area (Å²) in [6, 6.07) is 0. The molecule has 0 aliphatic heterocycles. The van der Waals surface area contributed by atoms with Gasteiger partial charge in [-0.1, -0.05) is 6.42 Å². The highest BCUT2D eigenvalue weighted by Gasteiger charge is 2.40. The maximum absolute atomic E-state index is 11.4. The number of carbonyl (C=O) groups excluding carboxylic acids is 1. The summed E-state index contributed by atoms with van der Waals surface area (Å²) in [4.78, 5) is 11.4. The van der Waals surface area contributed by atoms with E-state index in [0.29, 0.717) is 18.3 Å². The Hall–Kier alpha value is -0.620. The summed E-state index contributed by atoms with van der Waals surface area (Å²) in [5.41, 5.74) is 0. The van der Waals surface area contributed by atoms with Crippen molar-refractivity contribution < 1.29 is 22.5 Å². The van der Waals surface area contributed by atoms with Crippen molar-refractivity contribution in [1.29, 1.82) is 0 Å². The van der Waals surface area contributed by atoms with Crippen molar-refractivity contribution in [2.75, 3.05) is 12.4 Å². The Labute approximate surface area is 101 Å². The molecule has 0 saturated heterocycles. The zero-order valence-electron chi connectivity index (χ0n) is 9.63. The minimum atomic E-state index is -4.28. The number of ether oxygens (including phenoxy) is 1. The van der Waals surface area contributed by atoms with Gasteiger partial charge < -0.3 is 9.29 Å². The van der Waals surface area contributed by atoms with E-state index in [-0.39, 0.29) is 12.6 Å². The first-order valence-electron chi connectivity index (χ1n) is 6.03. The van der Waals surface area contributed by atoms with Crippen molar-refractivity contribution in [2.45, 2.75) is 32.1 Å². The van der Waals surface area contributed by atoms with Gasteiger partial charge in [-0.05, 0) is 37.0 Å². The van der Waals surface area contributed by atoms with Crippen LogP contribution in [0, 0.1) is 17.8 Å². The molecule has 0 spiro atoms. The molecule has 5 nitrogen and oxygen atoms in total. The molecule has 2 fully saturated rings. The standard InChI is InChI=1S/C11H18O5S/c12-11(16-3-4-17(13,14)15)7-10-6-8-1-2-9(10)5-8/h8-10H,1-7H2,(H,13,14,15)/p-1. The van der Waals surface area contributed by atoms with Gasteiger partial charge in [-0.3, -0.25) is 4.79 Å². The molecule has 2 bridgehead atoms. The molecule has 0 N–H and O–H groups in total. The Morgan fingerprint density at radius 3 is 2.59 bits per heavy atom. The maximum atomic E-state index is 11.4. The van der Waals surface area contributed by atoms with Crippen molar-refractivity contribution in [3.05, 3.63) is 0 Å². The third kappa shape index (κ3) is 3.67. The summed E-state index contributed by atoms with van der Waals surface area (Å²) < 4.78 is 35.7. The van der Waals surface area contributed by atoms with Gasteiger partial charge in [0.05, 0.1) is 15.9 Å². The van der Waals surface area contributed by atoms with Gasteiger partial charge in [-0.25, -0.2) is 8.42 Å². The van der Waals surface area contributed by atoms with Crippen molar-refractivity contribution in [3.8, 4) is 0 Å². The van der Waals surface area contributed by atoms with E-state index in [1.54, 1.807) is 0 Å². The summed E-state index contributed by atoms with van der Waals surface area (Å²) in [7, 11) is -4.28. The summed E-state index contributed by atoms with van der Waals surface area (Å²) in [6.45, 7) is -0.314. The van der Waals surface area contributed by atoms with Crippen LogP contribution in [0.5, 0.6) is 0 Å². The normalized spacial score (nSPS) is 31.7. The van der Waals surface area contributed by atoms with E-state index >= 15 is 0 Å². The molecule has 6 heteroatoms. The van der Waals surface area contributed by atoms with E-state index in [1.807, 2.05) is 0 Å². The molecule has 3 unspecified atom stereocenters. The van der Waals surface area contributed by atoms with Crippen LogP contribution in [-0.4, -0.2) is 31.3 Å². The average Bonchev–Trinajstić information content (AvgIpc) is 2.76. The summed E-state index contributed by atoms with van der Waals surface area (Å²) in [5.74, 6) is 0.835. The lowest BCUT2D eigenvalue weighted by molar-refractivity contribution is -0.144. The lowest BCUT2D eigenvalue weighted by Gasteiger charge is -2.20. The van der Waals surface area contributed by atoms with Gasteiger partial charge in [0.1, 0.15) is 6.61 Å². The second-order valence-electron chi connectivity index (χ2n) is 5.12. The second-order valence-corrected chi connectivity index (χ2v) is 6.64. The number of rotatable bonds is 5. The molecule has 0 aromatic carbocycles. The third-order valence-electron chi connectivity index (χ3n) is 3.91. The van der Waals surface area contributed by atoms with E-state index in [1.165, 1.54) is 19.3 Å². The van der Waals surface area contributed by atoms with Crippen LogP contribution in [0.15, 0.2) is 0 Å². The summed E-state index contributed by atoms with van der Waals surface area (Å²) in [5, 5.41) is 0. The molecule has 0 heterocycles. The Bertz CT molecular complexity index is 389. The Morgan fingerprint density at radius 2 is 2.06 bits per heavy atom. The lowest BCUT2D eigenvalue weighted by Crippen LogP contribution is -2.19. The SMILES string of the molecule is O=C(CC1CC2CCC1C2)OCCS(=O)(=O)[O-]. The molecule has 0 aromatic heterocycles. The molecular formula is C11H17O5S-. The minimum absolute atomic E-state index is 0.314. The van der Waals surface area contributed by atoms with Crippen molar-refractivity contribution in [3.63, 3.8) is 0 Å². The number of hydrogen-bond donors (Lipinski definition) is 0. The fraction of sp³-hybridized carbons (Fsp3) is 0.909. The van der Waals surface area contributed by atoms with E-state index in [4.69, 9.17) is 4.74 Å². The zero-order valence-corrected chi connectivity index (χ0v) is 10.4. The first kappa shape index (κ1) is 12.8. The smallest absolute Gasteiger partial charge is 0.306 e. The van der Waals surface area contributed by atoms with Crippen LogP contribution in [0.3, 0.4) is 0 Å². The van der Waals surface area contributed by atoms with Crippen molar-refractivity contribution >= 4 is 16.1 Å². The summed E-state index contributed by atoms with van der Waals surface area (Å²) >= 11 is 0. The second kappa shape index (κ2) is 4.94. The molecule has 2 aliphatic rings. The van der Waals surface area contributed by atoms with Crippen LogP contribution in [0.1, 0.15) is 32.1 Å². The number of esters is 1. The molecule has 3 atom stereocenters. The van der Waals surface area contributed by atoms with Gasteiger partial charge in [0, 0.05) is 6.42 Å². The highest BCUT2D eigenvalue weighted by Crippen LogP contribution is 2.49. The zero-order chi connectivity index (χ0) is 12.5. The molecule has 2 aliphatic carbocycles. The van der Waals surface area contributed by atoms with Crippen molar-refractivity contribution in [2.24, 2.45) is 17.8 Å². The Balaban J connectivity index is 1.68. The molecular weight excluding hydrogens is 244 g/mol. The summed E-state index contributed by atoms with van der Waals surface area (Å²) in [6.07, 6.45) is 5.19. The van der Waals surface area contributed by atoms with Crippen LogP contribution >= 0.6 is 0 Å². The average molecular weight is 261 g/mol. The van der Waals surface area contributed by atoms with Crippen LogP contribution < -0.4 is 0 Å². The fourth-order valence-corrected chi connectivity index (χ4v) is 3.44. The van der Waals surface area contributed by atoms with Gasteiger partial charge >= 0.3 is 5.97 Å². The van der Waals surface area contributed by atoms with E-state index in [2.05, 4.69) is 0 Å². The van der Waals surface area contributed by atoms with Gasteiger partial charge in [0.2, 0.25) is 0 Å². The van der Waals surface area contributed by atoms with Crippen LogP contribution in [-0.2, 0) is 19.6 Å². The van der Waals surface area contributed by atoms with Gasteiger partial charge in [-0.2, -0.15) is 0 Å². The maximum Gasteiger partial charge on any atom is 0.306 e. The fourth-order valence-electron chi connectivity index (χ4n) is 3.16. The Morgan fingerprint density at radius 1 is 1.29 bits per heavy atom. The van der Waals surface area contributed by atoms with Gasteiger partial charge in [0.25, 0.3) is 0 Å². The topological polar surface area (TPSA) is 83.5 Å². The predicted octanol–water partition coefficient (Wildman–Crippen LogP) is 0.901. The van der Waals surface area contributed by atoms with E-state index in [9.17, 15) is 17.8 Å². The highest BCUT2D eigenvalue weighted by atomic mass is 32.2. The first-order valence-corrected chi connectivity index (χ1v) is 7.61. The molecule has 0 amide bonds. The molecule has 0 radical (unpaired) electrons. The van der Waals surface area contributed by atoms with E-state index < -0.39 is 15.9 Å². The molecule has 2 rings (SSSR count). The number of hydrogen-bond acceptors (Lipinski definition) is 5. The van der Waals surface area contributed by atoms with Crippen molar-refractivity contribution in [1.82, 2.24) is 0 Å². The van der Waals surface area contributed by atoms with Gasteiger partial charge in [-0.15, -0.1) is 0 Å². The van der Waals surface area contributed by atoms with Crippen LogP contribution in [0.4, 0.5) is 0 Å². The third-order valence-corrected chi connectivity index (χ3v) is 4.58. The first-order chi connectivity index (χ1) is 7.94. The van der Waals surface area contributed by atoms with Crippen LogP contribution in [0.2, 0.25) is 0 Å². The monoisotopic (exact) mass is 261 g/mol. The predicted molar refractivity (Wildman–Crippen MR) is 59.1 cm³/mol. The molecule has 98 valence electrons. The molecule has 2 saturated carbocycles. The highest BCUT2D eigenvalue weighted by molar-refractivity contribution is 7.85. The quantitative estimate of drug-likeness (QED) is 0.542. The molecule has 17 heavy (non-hydrogen) atoms. The van der Waals surface area contributed by atoms with Gasteiger partial charge in [0.15, 0.2) is 0 Å². The minimum Gasteiger partial charge on any atom is -0.748 e.